The molecule has 0 aliphatic carbocycles. The molecule has 21 heavy (non-hydrogen) atoms. The summed E-state index contributed by atoms with van der Waals surface area (Å²) in [5, 5.41) is 10.4. The number of rotatable bonds is 3. The Balaban J connectivity index is 1.96. The lowest BCUT2D eigenvalue weighted by Gasteiger charge is -2.06. The minimum atomic E-state index is 0.213. The van der Waals surface area contributed by atoms with Gasteiger partial charge in [0.2, 0.25) is 0 Å². The molecule has 0 saturated carbocycles. The van der Waals surface area contributed by atoms with Crippen LogP contribution in [-0.2, 0) is 0 Å². The second-order valence-corrected chi connectivity index (χ2v) is 4.58. The molecule has 2 aromatic carbocycles. The van der Waals surface area contributed by atoms with Gasteiger partial charge in [-0.15, -0.1) is 0 Å². The van der Waals surface area contributed by atoms with Crippen LogP contribution in [0.3, 0.4) is 0 Å². The summed E-state index contributed by atoms with van der Waals surface area (Å²) in [6, 6.07) is 19.0. The van der Waals surface area contributed by atoms with Gasteiger partial charge in [0.15, 0.2) is 0 Å². The molecule has 0 saturated heterocycles. The molecule has 3 heteroatoms. The number of phenolic OH excluding ortho intramolecular Hbond substituents is 1. The van der Waals surface area contributed by atoms with Gasteiger partial charge in [-0.2, -0.15) is 0 Å². The van der Waals surface area contributed by atoms with Crippen LogP contribution >= 0.6 is 0 Å². The average Bonchev–Trinajstić information content (AvgIpc) is 2.56. The molecule has 0 aliphatic rings. The van der Waals surface area contributed by atoms with Crippen LogP contribution in [-0.4, -0.2) is 16.3 Å². The zero-order valence-corrected chi connectivity index (χ0v) is 11.3. The molecular formula is C18H14N2O. The summed E-state index contributed by atoms with van der Waals surface area (Å²) >= 11 is 0. The summed E-state index contributed by atoms with van der Waals surface area (Å²) in [7, 11) is 0. The van der Waals surface area contributed by atoms with Crippen molar-refractivity contribution < 1.29 is 5.11 Å². The van der Waals surface area contributed by atoms with Crippen molar-refractivity contribution in [2.45, 2.75) is 0 Å². The molecule has 0 amide bonds. The molecule has 102 valence electrons. The highest BCUT2D eigenvalue weighted by Crippen LogP contribution is 2.31. The molecule has 0 radical (unpaired) electrons. The third-order valence-electron chi connectivity index (χ3n) is 3.15. The first-order valence-electron chi connectivity index (χ1n) is 6.66. The summed E-state index contributed by atoms with van der Waals surface area (Å²) in [6.07, 6.45) is 5.11. The normalized spacial score (nSPS) is 10.9. The van der Waals surface area contributed by atoms with Crippen molar-refractivity contribution in [1.82, 2.24) is 4.98 Å². The number of hydrogen-bond donors (Lipinski definition) is 1. The van der Waals surface area contributed by atoms with Crippen LogP contribution in [0.15, 0.2) is 78.0 Å². The maximum absolute atomic E-state index is 10.4. The molecule has 3 aromatic rings. The quantitative estimate of drug-likeness (QED) is 0.727. The van der Waals surface area contributed by atoms with Crippen LogP contribution in [0, 0.1) is 0 Å². The molecule has 0 aliphatic heterocycles. The summed E-state index contributed by atoms with van der Waals surface area (Å²) in [4.78, 5) is 8.45. The van der Waals surface area contributed by atoms with Gasteiger partial charge < -0.3 is 5.11 Å². The second-order valence-electron chi connectivity index (χ2n) is 4.58. The molecular weight excluding hydrogens is 260 g/mol. The van der Waals surface area contributed by atoms with Crippen molar-refractivity contribution >= 4 is 11.9 Å². The van der Waals surface area contributed by atoms with Gasteiger partial charge in [0.25, 0.3) is 0 Å². The zero-order valence-electron chi connectivity index (χ0n) is 11.3. The maximum Gasteiger partial charge on any atom is 0.132 e. The van der Waals surface area contributed by atoms with Crippen LogP contribution in [0.25, 0.3) is 11.1 Å². The van der Waals surface area contributed by atoms with Crippen molar-refractivity contribution in [2.24, 2.45) is 4.99 Å². The molecule has 3 rings (SSSR count). The largest absolute Gasteiger partial charge is 0.507 e. The molecule has 0 unspecified atom stereocenters. The third kappa shape index (κ3) is 2.98. The van der Waals surface area contributed by atoms with E-state index in [9.17, 15) is 5.11 Å². The molecule has 3 nitrogen and oxygen atoms in total. The summed E-state index contributed by atoms with van der Waals surface area (Å²) in [5.41, 5.74) is 3.16. The van der Waals surface area contributed by atoms with Gasteiger partial charge in [-0.05, 0) is 24.3 Å². The van der Waals surface area contributed by atoms with Crippen LogP contribution in [0.4, 0.5) is 5.69 Å². The van der Waals surface area contributed by atoms with E-state index in [0.717, 1.165) is 16.8 Å². The number of para-hydroxylation sites is 2. The van der Waals surface area contributed by atoms with Crippen molar-refractivity contribution in [2.75, 3.05) is 0 Å². The second kappa shape index (κ2) is 6.01. The van der Waals surface area contributed by atoms with Crippen molar-refractivity contribution in [1.29, 1.82) is 0 Å². The van der Waals surface area contributed by atoms with Crippen molar-refractivity contribution in [3.8, 4) is 16.9 Å². The highest BCUT2D eigenvalue weighted by atomic mass is 16.3. The minimum Gasteiger partial charge on any atom is -0.507 e. The minimum absolute atomic E-state index is 0.213. The highest BCUT2D eigenvalue weighted by molar-refractivity contribution is 5.89. The number of phenols is 1. The standard InChI is InChI=1S/C18H14N2O/c21-18-15(13-20-16-8-2-1-3-9-16)6-4-10-17(18)14-7-5-11-19-12-14/h1-13,21H. The Kier molecular flexibility index (Phi) is 3.74. The summed E-state index contributed by atoms with van der Waals surface area (Å²) < 4.78 is 0. The molecule has 1 aromatic heterocycles. The molecule has 1 heterocycles. The van der Waals surface area contributed by atoms with E-state index in [1.807, 2.05) is 60.7 Å². The summed E-state index contributed by atoms with van der Waals surface area (Å²) in [5.74, 6) is 0.213. The monoisotopic (exact) mass is 274 g/mol. The van der Waals surface area contributed by atoms with E-state index in [2.05, 4.69) is 9.98 Å². The maximum atomic E-state index is 10.4. The SMILES string of the molecule is Oc1c(C=Nc2ccccc2)cccc1-c1cccnc1. The Morgan fingerprint density at radius 2 is 1.76 bits per heavy atom. The van der Waals surface area contributed by atoms with Gasteiger partial charge in [0.1, 0.15) is 5.75 Å². The van der Waals surface area contributed by atoms with Crippen molar-refractivity contribution in [3.05, 3.63) is 78.6 Å². The fraction of sp³-hybridized carbons (Fsp3) is 0. The van der Waals surface area contributed by atoms with E-state index < -0.39 is 0 Å². The number of aliphatic imine (C=N–C) groups is 1. The van der Waals surface area contributed by atoms with Gasteiger partial charge in [-0.3, -0.25) is 9.98 Å². The first-order chi connectivity index (χ1) is 10.3. The lowest BCUT2D eigenvalue weighted by molar-refractivity contribution is 0.476. The molecule has 0 atom stereocenters. The number of pyridine rings is 1. The Labute approximate surface area is 123 Å². The first-order valence-corrected chi connectivity index (χ1v) is 6.66. The van der Waals surface area contributed by atoms with Gasteiger partial charge in [-0.25, -0.2) is 0 Å². The van der Waals surface area contributed by atoms with E-state index in [-0.39, 0.29) is 5.75 Å². The van der Waals surface area contributed by atoms with Gasteiger partial charge >= 0.3 is 0 Å². The van der Waals surface area contributed by atoms with Crippen LogP contribution in [0.1, 0.15) is 5.56 Å². The lowest BCUT2D eigenvalue weighted by Crippen LogP contribution is -1.87. The number of aromatic hydroxyl groups is 1. The summed E-state index contributed by atoms with van der Waals surface area (Å²) in [6.45, 7) is 0. The Hall–Kier alpha value is -2.94. The van der Waals surface area contributed by atoms with E-state index >= 15 is 0 Å². The van der Waals surface area contributed by atoms with Crippen LogP contribution < -0.4 is 0 Å². The van der Waals surface area contributed by atoms with E-state index in [0.29, 0.717) is 5.56 Å². The fourth-order valence-corrected chi connectivity index (χ4v) is 2.08. The van der Waals surface area contributed by atoms with Crippen molar-refractivity contribution in [3.63, 3.8) is 0 Å². The Morgan fingerprint density at radius 3 is 2.52 bits per heavy atom. The fourth-order valence-electron chi connectivity index (χ4n) is 2.08. The van der Waals surface area contributed by atoms with E-state index in [1.54, 1.807) is 18.6 Å². The van der Waals surface area contributed by atoms with E-state index in [1.165, 1.54) is 0 Å². The van der Waals surface area contributed by atoms with Gasteiger partial charge in [0, 0.05) is 35.3 Å². The van der Waals surface area contributed by atoms with Crippen LogP contribution in [0.5, 0.6) is 5.75 Å². The molecule has 0 fully saturated rings. The third-order valence-corrected chi connectivity index (χ3v) is 3.15. The average molecular weight is 274 g/mol. The predicted molar refractivity (Wildman–Crippen MR) is 85.0 cm³/mol. The highest BCUT2D eigenvalue weighted by Gasteiger charge is 2.07. The molecule has 0 bridgehead atoms. The van der Waals surface area contributed by atoms with Gasteiger partial charge in [-0.1, -0.05) is 36.4 Å². The molecule has 0 spiro atoms. The number of nitrogens with zero attached hydrogens (tertiary/aromatic N) is 2. The number of hydrogen-bond acceptors (Lipinski definition) is 3. The van der Waals surface area contributed by atoms with E-state index in [4.69, 9.17) is 0 Å². The number of benzene rings is 2. The lowest BCUT2D eigenvalue weighted by atomic mass is 10.0. The first kappa shape index (κ1) is 13.1. The predicted octanol–water partition coefficient (Wildman–Crippen LogP) is 4.20. The topological polar surface area (TPSA) is 45.5 Å². The number of aromatic nitrogens is 1. The Morgan fingerprint density at radius 1 is 0.905 bits per heavy atom. The zero-order chi connectivity index (χ0) is 14.5. The smallest absolute Gasteiger partial charge is 0.132 e. The van der Waals surface area contributed by atoms with Gasteiger partial charge in [0.05, 0.1) is 5.69 Å². The van der Waals surface area contributed by atoms with Crippen LogP contribution in [0.2, 0.25) is 0 Å². The molecule has 1 N–H and O–H groups in total. The Bertz CT molecular complexity index is 753.